The summed E-state index contributed by atoms with van der Waals surface area (Å²) in [4.78, 5) is 0. The summed E-state index contributed by atoms with van der Waals surface area (Å²) in [6.07, 6.45) is 0. The highest BCUT2D eigenvalue weighted by Crippen LogP contribution is 2.35. The van der Waals surface area contributed by atoms with Crippen molar-refractivity contribution >= 4 is 16.5 Å². The van der Waals surface area contributed by atoms with Crippen LogP contribution in [0.25, 0.3) is 10.8 Å². The first kappa shape index (κ1) is 21.7. The number of rotatable bonds is 2. The van der Waals surface area contributed by atoms with Gasteiger partial charge in [0.1, 0.15) is 17.2 Å². The Morgan fingerprint density at radius 3 is 1.94 bits per heavy atom. The Bertz CT molecular complexity index is 1630. The number of hydrogen-bond donors (Lipinski definition) is 2. The molecule has 0 amide bonds. The second kappa shape index (κ2) is 9.79. The smallest absolute Gasteiger partial charge is 0.138 e. The number of nitrogens with two attached hydrogens (primary N) is 1. The van der Waals surface area contributed by atoms with Crippen molar-refractivity contribution in [3.8, 4) is 40.9 Å². The minimum Gasteiger partial charge on any atom is -0.506 e. The standard InChI is InChI=1S/C32H21NO2/c33-29-22-28(18-19-30(29)34)35-31-21-25(15-14-23-8-3-1-4-9-23)20-27-13-7-12-26(32(27)31)17-16-24-10-5-2-6-11-24/h1-13,18-22,34H,33H2. The molecule has 0 aliphatic carbocycles. The van der Waals surface area contributed by atoms with Crippen LogP contribution in [0.4, 0.5) is 5.69 Å². The topological polar surface area (TPSA) is 55.5 Å². The van der Waals surface area contributed by atoms with Crippen LogP contribution in [0, 0.1) is 23.7 Å². The van der Waals surface area contributed by atoms with Crippen LogP contribution >= 0.6 is 0 Å². The summed E-state index contributed by atoms with van der Waals surface area (Å²) < 4.78 is 6.29. The monoisotopic (exact) mass is 451 g/mol. The van der Waals surface area contributed by atoms with E-state index in [9.17, 15) is 5.11 Å². The van der Waals surface area contributed by atoms with Crippen molar-refractivity contribution in [2.45, 2.75) is 0 Å². The molecule has 5 aromatic rings. The quantitative estimate of drug-likeness (QED) is 0.178. The summed E-state index contributed by atoms with van der Waals surface area (Å²) in [6, 6.07) is 34.4. The van der Waals surface area contributed by atoms with E-state index < -0.39 is 0 Å². The normalized spacial score (nSPS) is 10.1. The first-order valence-corrected chi connectivity index (χ1v) is 11.1. The molecule has 0 saturated carbocycles. The number of phenols is 1. The molecule has 3 nitrogen and oxygen atoms in total. The van der Waals surface area contributed by atoms with Crippen molar-refractivity contribution in [2.24, 2.45) is 0 Å². The van der Waals surface area contributed by atoms with Crippen LogP contribution in [-0.2, 0) is 0 Å². The molecule has 0 heterocycles. The third-order valence-corrected chi connectivity index (χ3v) is 5.41. The van der Waals surface area contributed by atoms with Crippen LogP contribution < -0.4 is 10.5 Å². The van der Waals surface area contributed by atoms with Crippen molar-refractivity contribution in [1.82, 2.24) is 0 Å². The van der Waals surface area contributed by atoms with Gasteiger partial charge < -0.3 is 15.6 Å². The Morgan fingerprint density at radius 1 is 0.600 bits per heavy atom. The third kappa shape index (κ3) is 5.11. The van der Waals surface area contributed by atoms with Crippen molar-refractivity contribution in [1.29, 1.82) is 0 Å². The van der Waals surface area contributed by atoms with Gasteiger partial charge in [-0.25, -0.2) is 0 Å². The number of phenolic OH excluding ortho intramolecular Hbond substituents is 1. The zero-order valence-corrected chi connectivity index (χ0v) is 18.8. The van der Waals surface area contributed by atoms with Crippen LogP contribution in [0.1, 0.15) is 22.3 Å². The fourth-order valence-electron chi connectivity index (χ4n) is 3.69. The Labute approximate surface area is 204 Å². The van der Waals surface area contributed by atoms with Crippen molar-refractivity contribution in [2.75, 3.05) is 5.73 Å². The average molecular weight is 452 g/mol. The maximum Gasteiger partial charge on any atom is 0.138 e. The van der Waals surface area contributed by atoms with Crippen LogP contribution in [0.15, 0.2) is 109 Å². The van der Waals surface area contributed by atoms with Gasteiger partial charge in [-0.1, -0.05) is 72.2 Å². The van der Waals surface area contributed by atoms with Gasteiger partial charge in [-0.05, 0) is 60.0 Å². The lowest BCUT2D eigenvalue weighted by Gasteiger charge is -2.12. The van der Waals surface area contributed by atoms with Crippen molar-refractivity contribution in [3.05, 3.63) is 131 Å². The van der Waals surface area contributed by atoms with Gasteiger partial charge >= 0.3 is 0 Å². The molecule has 0 aliphatic heterocycles. The van der Waals surface area contributed by atoms with Gasteiger partial charge in [0, 0.05) is 33.7 Å². The Kier molecular flexibility index (Phi) is 6.07. The van der Waals surface area contributed by atoms with Gasteiger partial charge in [-0.3, -0.25) is 0 Å². The first-order chi connectivity index (χ1) is 17.2. The molecule has 0 atom stereocenters. The number of hydrogen-bond acceptors (Lipinski definition) is 3. The molecule has 0 bridgehead atoms. The summed E-state index contributed by atoms with van der Waals surface area (Å²) in [6.45, 7) is 0. The molecule has 0 radical (unpaired) electrons. The molecular weight excluding hydrogens is 430 g/mol. The van der Waals surface area contributed by atoms with E-state index in [1.807, 2.05) is 91.0 Å². The molecule has 35 heavy (non-hydrogen) atoms. The fraction of sp³-hybridized carbons (Fsp3) is 0. The average Bonchev–Trinajstić information content (AvgIpc) is 2.89. The fourth-order valence-corrected chi connectivity index (χ4v) is 3.69. The van der Waals surface area contributed by atoms with Crippen LogP contribution in [0.5, 0.6) is 17.2 Å². The van der Waals surface area contributed by atoms with Crippen LogP contribution in [0.2, 0.25) is 0 Å². The number of nitrogen functional groups attached to an aromatic ring is 1. The minimum atomic E-state index is 0.0131. The Morgan fingerprint density at radius 2 is 1.26 bits per heavy atom. The molecule has 0 saturated heterocycles. The number of ether oxygens (including phenoxy) is 1. The summed E-state index contributed by atoms with van der Waals surface area (Å²) >= 11 is 0. The van der Waals surface area contributed by atoms with E-state index in [-0.39, 0.29) is 11.4 Å². The van der Waals surface area contributed by atoms with E-state index in [4.69, 9.17) is 10.5 Å². The maximum atomic E-state index is 9.81. The zero-order chi connectivity index (χ0) is 24.0. The number of benzene rings is 5. The van der Waals surface area contributed by atoms with Crippen molar-refractivity contribution < 1.29 is 9.84 Å². The van der Waals surface area contributed by atoms with E-state index in [2.05, 4.69) is 23.7 Å². The Balaban J connectivity index is 1.65. The minimum absolute atomic E-state index is 0.0131. The molecule has 3 N–H and O–H groups in total. The van der Waals surface area contributed by atoms with Crippen LogP contribution in [-0.4, -0.2) is 5.11 Å². The van der Waals surface area contributed by atoms with Gasteiger partial charge in [0.05, 0.1) is 5.69 Å². The lowest BCUT2D eigenvalue weighted by molar-refractivity contribution is 0.468. The van der Waals surface area contributed by atoms with Gasteiger partial charge in [-0.15, -0.1) is 0 Å². The highest BCUT2D eigenvalue weighted by molar-refractivity contribution is 5.95. The summed E-state index contributed by atoms with van der Waals surface area (Å²) in [5.41, 5.74) is 9.67. The van der Waals surface area contributed by atoms with E-state index in [1.54, 1.807) is 12.1 Å². The highest BCUT2D eigenvalue weighted by Gasteiger charge is 2.11. The molecule has 0 fully saturated rings. The molecule has 0 spiro atoms. The number of fused-ring (bicyclic) bond motifs is 1. The van der Waals surface area contributed by atoms with E-state index in [1.165, 1.54) is 6.07 Å². The predicted octanol–water partition coefficient (Wildman–Crippen LogP) is 6.72. The van der Waals surface area contributed by atoms with Crippen LogP contribution in [0.3, 0.4) is 0 Å². The molecule has 5 aromatic carbocycles. The summed E-state index contributed by atoms with van der Waals surface area (Å²) in [7, 11) is 0. The van der Waals surface area contributed by atoms with Gasteiger partial charge in [0.25, 0.3) is 0 Å². The summed E-state index contributed by atoms with van der Waals surface area (Å²) in [5, 5.41) is 11.7. The second-order valence-electron chi connectivity index (χ2n) is 7.93. The third-order valence-electron chi connectivity index (χ3n) is 5.41. The first-order valence-electron chi connectivity index (χ1n) is 11.1. The molecule has 3 heteroatoms. The van der Waals surface area contributed by atoms with Gasteiger partial charge in [-0.2, -0.15) is 0 Å². The number of anilines is 1. The summed E-state index contributed by atoms with van der Waals surface area (Å²) in [5.74, 6) is 14.1. The zero-order valence-electron chi connectivity index (χ0n) is 18.8. The van der Waals surface area contributed by atoms with Crippen molar-refractivity contribution in [3.63, 3.8) is 0 Å². The molecule has 166 valence electrons. The lowest BCUT2D eigenvalue weighted by atomic mass is 10.0. The molecule has 0 aromatic heterocycles. The second-order valence-corrected chi connectivity index (χ2v) is 7.93. The van der Waals surface area contributed by atoms with E-state index in [0.29, 0.717) is 11.5 Å². The maximum absolute atomic E-state index is 9.81. The number of aromatic hydroxyl groups is 1. The molecule has 0 aliphatic rings. The van der Waals surface area contributed by atoms with E-state index in [0.717, 1.165) is 33.0 Å². The largest absolute Gasteiger partial charge is 0.506 e. The Hall–Kier alpha value is -5.12. The van der Waals surface area contributed by atoms with E-state index >= 15 is 0 Å². The highest BCUT2D eigenvalue weighted by atomic mass is 16.5. The predicted molar refractivity (Wildman–Crippen MR) is 141 cm³/mol. The van der Waals surface area contributed by atoms with Gasteiger partial charge in [0.2, 0.25) is 0 Å². The SMILES string of the molecule is Nc1cc(Oc2cc(C#Cc3ccccc3)cc3cccc(C#Cc4ccccc4)c23)ccc1O. The van der Waals surface area contributed by atoms with Gasteiger partial charge in [0.15, 0.2) is 0 Å². The lowest BCUT2D eigenvalue weighted by Crippen LogP contribution is -1.92. The molecule has 0 unspecified atom stereocenters. The molecule has 5 rings (SSSR count). The molecular formula is C32H21NO2.